The number of halogens is 1. The molecule has 4 nitrogen and oxygen atoms in total. The molecule has 6 heteroatoms. The lowest BCUT2D eigenvalue weighted by Gasteiger charge is -2.32. The number of hydrogen-bond acceptors (Lipinski definition) is 4. The van der Waals surface area contributed by atoms with Gasteiger partial charge in [0.25, 0.3) is 0 Å². The molecule has 24 heavy (non-hydrogen) atoms. The van der Waals surface area contributed by atoms with E-state index in [0.29, 0.717) is 25.0 Å². The fourth-order valence-corrected chi connectivity index (χ4v) is 4.10. The summed E-state index contributed by atoms with van der Waals surface area (Å²) in [4.78, 5) is 17.1. The van der Waals surface area contributed by atoms with Crippen molar-refractivity contribution in [3.8, 4) is 0 Å². The van der Waals surface area contributed by atoms with Crippen LogP contribution in [0, 0.1) is 13.8 Å². The maximum atomic E-state index is 12.3. The Bertz CT molecular complexity index is 499. The molecule has 1 aromatic heterocycles. The molecular weight excluding hydrogens is 344 g/mol. The largest absolute Gasteiger partial charge is 0.378 e. The van der Waals surface area contributed by atoms with Crippen molar-refractivity contribution >= 4 is 29.7 Å². The van der Waals surface area contributed by atoms with Crippen LogP contribution in [0.3, 0.4) is 0 Å². The van der Waals surface area contributed by atoms with Gasteiger partial charge in [-0.25, -0.2) is 0 Å². The van der Waals surface area contributed by atoms with Gasteiger partial charge < -0.3 is 15.4 Å². The molecule has 0 aromatic carbocycles. The third kappa shape index (κ3) is 6.71. The summed E-state index contributed by atoms with van der Waals surface area (Å²) in [5.74, 6) is 0.301. The minimum atomic E-state index is 0. The fraction of sp³-hybridized carbons (Fsp3) is 0.722. The number of ether oxygens (including phenoxy) is 1. The van der Waals surface area contributed by atoms with Crippen molar-refractivity contribution < 1.29 is 9.53 Å². The molecule has 0 saturated carbocycles. The molecule has 0 unspecified atom stereocenters. The summed E-state index contributed by atoms with van der Waals surface area (Å²) in [5, 5.41) is 0. The average molecular weight is 375 g/mol. The van der Waals surface area contributed by atoms with Crippen LogP contribution in [0.2, 0.25) is 0 Å². The van der Waals surface area contributed by atoms with Gasteiger partial charge in [-0.2, -0.15) is 0 Å². The Balaban J connectivity index is 0.00000288. The molecule has 1 fully saturated rings. The Labute approximate surface area is 156 Å². The second-order valence-electron chi connectivity index (χ2n) is 6.39. The molecule has 1 aliphatic heterocycles. The first-order valence-electron chi connectivity index (χ1n) is 8.75. The van der Waals surface area contributed by atoms with Crippen molar-refractivity contribution in [2.75, 3.05) is 26.2 Å². The summed E-state index contributed by atoms with van der Waals surface area (Å²) in [5.41, 5.74) is 6.88. The van der Waals surface area contributed by atoms with E-state index >= 15 is 0 Å². The van der Waals surface area contributed by atoms with Gasteiger partial charge in [-0.1, -0.05) is 0 Å². The molecule has 2 heterocycles. The molecular formula is C18H31ClN2O2S. The number of nitrogens with two attached hydrogens (primary N) is 1. The first-order chi connectivity index (χ1) is 11.1. The number of aryl methyl sites for hydroxylation is 3. The summed E-state index contributed by atoms with van der Waals surface area (Å²) in [7, 11) is 0. The molecule has 1 amide bonds. The molecule has 138 valence electrons. The SMILES string of the molecule is Cc1cc(CCCC(=O)N2CCC(OCCCN)CC2)c(C)s1.Cl. The number of amides is 1. The van der Waals surface area contributed by atoms with Crippen LogP contribution in [0.25, 0.3) is 0 Å². The van der Waals surface area contributed by atoms with Crippen molar-refractivity contribution in [3.05, 3.63) is 21.4 Å². The van der Waals surface area contributed by atoms with Crippen LogP contribution in [-0.2, 0) is 16.0 Å². The quantitative estimate of drug-likeness (QED) is 0.709. The van der Waals surface area contributed by atoms with Crippen LogP contribution in [0.4, 0.5) is 0 Å². The maximum absolute atomic E-state index is 12.3. The van der Waals surface area contributed by atoms with E-state index in [-0.39, 0.29) is 12.4 Å². The Hall–Kier alpha value is -0.620. The standard InChI is InChI=1S/C18H30N2O2S.ClH/c1-14-13-16(15(2)23-14)5-3-6-18(21)20-10-7-17(8-11-20)22-12-4-9-19;/h13,17H,3-12,19H2,1-2H3;1H. The highest BCUT2D eigenvalue weighted by Gasteiger charge is 2.22. The predicted molar refractivity (Wildman–Crippen MR) is 103 cm³/mol. The van der Waals surface area contributed by atoms with Crippen molar-refractivity contribution in [2.45, 2.75) is 58.5 Å². The predicted octanol–water partition coefficient (Wildman–Crippen LogP) is 3.47. The zero-order chi connectivity index (χ0) is 16.7. The third-order valence-electron chi connectivity index (χ3n) is 4.48. The molecule has 1 aliphatic rings. The number of carbonyl (C=O) groups is 1. The van der Waals surface area contributed by atoms with Crippen molar-refractivity contribution in [1.82, 2.24) is 4.90 Å². The van der Waals surface area contributed by atoms with Crippen LogP contribution < -0.4 is 5.73 Å². The summed E-state index contributed by atoms with van der Waals surface area (Å²) in [6.07, 6.45) is 5.76. The van der Waals surface area contributed by atoms with E-state index in [1.807, 2.05) is 16.2 Å². The normalized spacial score (nSPS) is 15.4. The zero-order valence-electron chi connectivity index (χ0n) is 14.9. The van der Waals surface area contributed by atoms with Gasteiger partial charge in [0.1, 0.15) is 0 Å². The van der Waals surface area contributed by atoms with Gasteiger partial charge in [0.2, 0.25) is 5.91 Å². The van der Waals surface area contributed by atoms with E-state index in [2.05, 4.69) is 19.9 Å². The number of rotatable bonds is 8. The molecule has 1 saturated heterocycles. The van der Waals surface area contributed by atoms with Gasteiger partial charge in [0, 0.05) is 35.9 Å². The van der Waals surface area contributed by atoms with Crippen LogP contribution in [0.15, 0.2) is 6.07 Å². The summed E-state index contributed by atoms with van der Waals surface area (Å²) >= 11 is 1.85. The number of carbonyl (C=O) groups excluding carboxylic acids is 1. The first-order valence-corrected chi connectivity index (χ1v) is 9.57. The molecule has 2 N–H and O–H groups in total. The van der Waals surface area contributed by atoms with E-state index in [4.69, 9.17) is 10.5 Å². The van der Waals surface area contributed by atoms with Gasteiger partial charge in [0.15, 0.2) is 0 Å². The van der Waals surface area contributed by atoms with E-state index in [9.17, 15) is 4.79 Å². The second kappa shape index (κ2) is 11.1. The van der Waals surface area contributed by atoms with Gasteiger partial charge in [-0.3, -0.25) is 4.79 Å². The highest BCUT2D eigenvalue weighted by molar-refractivity contribution is 7.12. The first kappa shape index (κ1) is 21.4. The van der Waals surface area contributed by atoms with Gasteiger partial charge >= 0.3 is 0 Å². The third-order valence-corrected chi connectivity index (χ3v) is 5.49. The van der Waals surface area contributed by atoms with Gasteiger partial charge in [-0.05, 0) is 64.1 Å². The van der Waals surface area contributed by atoms with Gasteiger partial charge in [-0.15, -0.1) is 23.7 Å². The number of nitrogens with zero attached hydrogens (tertiary/aromatic N) is 1. The Morgan fingerprint density at radius 2 is 2.04 bits per heavy atom. The summed E-state index contributed by atoms with van der Waals surface area (Å²) in [6.45, 7) is 7.41. The molecule has 0 aliphatic carbocycles. The summed E-state index contributed by atoms with van der Waals surface area (Å²) < 4.78 is 5.79. The average Bonchev–Trinajstić information content (AvgIpc) is 2.86. The van der Waals surface area contributed by atoms with Crippen LogP contribution in [-0.4, -0.2) is 43.2 Å². The number of piperidine rings is 1. The highest BCUT2D eigenvalue weighted by Crippen LogP contribution is 2.22. The lowest BCUT2D eigenvalue weighted by Crippen LogP contribution is -2.41. The van der Waals surface area contributed by atoms with Crippen LogP contribution in [0.5, 0.6) is 0 Å². The topological polar surface area (TPSA) is 55.6 Å². The monoisotopic (exact) mass is 374 g/mol. The summed E-state index contributed by atoms with van der Waals surface area (Å²) in [6, 6.07) is 2.26. The fourth-order valence-electron chi connectivity index (χ4n) is 3.13. The van der Waals surface area contributed by atoms with E-state index in [1.54, 1.807) is 0 Å². The van der Waals surface area contributed by atoms with Crippen LogP contribution >= 0.6 is 23.7 Å². The lowest BCUT2D eigenvalue weighted by molar-refractivity contribution is -0.133. The van der Waals surface area contributed by atoms with E-state index in [1.165, 1.54) is 15.3 Å². The zero-order valence-corrected chi connectivity index (χ0v) is 16.5. The lowest BCUT2D eigenvalue weighted by atomic mass is 10.1. The Morgan fingerprint density at radius 1 is 1.33 bits per heavy atom. The van der Waals surface area contributed by atoms with Crippen molar-refractivity contribution in [3.63, 3.8) is 0 Å². The molecule has 2 rings (SSSR count). The smallest absolute Gasteiger partial charge is 0.222 e. The van der Waals surface area contributed by atoms with E-state index in [0.717, 1.165) is 51.8 Å². The minimum absolute atomic E-state index is 0. The Kier molecular flexibility index (Phi) is 9.89. The molecule has 1 aromatic rings. The molecule has 0 atom stereocenters. The highest BCUT2D eigenvalue weighted by atomic mass is 35.5. The van der Waals surface area contributed by atoms with Crippen LogP contribution in [0.1, 0.15) is 47.4 Å². The van der Waals surface area contributed by atoms with Crippen molar-refractivity contribution in [1.29, 1.82) is 0 Å². The maximum Gasteiger partial charge on any atom is 0.222 e. The number of hydrogen-bond donors (Lipinski definition) is 1. The van der Waals surface area contributed by atoms with Gasteiger partial charge in [0.05, 0.1) is 6.10 Å². The van der Waals surface area contributed by atoms with Crippen molar-refractivity contribution in [2.24, 2.45) is 5.73 Å². The minimum Gasteiger partial charge on any atom is -0.378 e. The Morgan fingerprint density at radius 3 is 2.62 bits per heavy atom. The molecule has 0 spiro atoms. The molecule has 0 radical (unpaired) electrons. The number of likely N-dealkylation sites (tertiary alicyclic amines) is 1. The van der Waals surface area contributed by atoms with E-state index < -0.39 is 0 Å². The second-order valence-corrected chi connectivity index (χ2v) is 7.85. The number of thiophene rings is 1. The molecule has 0 bridgehead atoms.